The number of rotatable bonds is 7. The van der Waals surface area contributed by atoms with Gasteiger partial charge in [-0.1, -0.05) is 42.5 Å². The van der Waals surface area contributed by atoms with E-state index in [-0.39, 0.29) is 36.1 Å². The molecule has 0 atom stereocenters. The van der Waals surface area contributed by atoms with Gasteiger partial charge >= 0.3 is 0 Å². The highest BCUT2D eigenvalue weighted by atomic mass is 32.2. The van der Waals surface area contributed by atoms with Crippen molar-refractivity contribution in [1.82, 2.24) is 15.1 Å². The van der Waals surface area contributed by atoms with Crippen LogP contribution in [0.1, 0.15) is 34.3 Å². The number of nitrogens with one attached hydrogen (secondary N) is 1. The fourth-order valence-corrected chi connectivity index (χ4v) is 4.49. The normalized spacial score (nSPS) is 17.5. The van der Waals surface area contributed by atoms with E-state index >= 15 is 0 Å². The maximum absolute atomic E-state index is 12.5. The van der Waals surface area contributed by atoms with E-state index in [1.165, 1.54) is 0 Å². The summed E-state index contributed by atoms with van der Waals surface area (Å²) < 4.78 is 0. The standard InChI is InChI=1S/C24H23N3O4S/c28-21-7-4-13-26(21)16-18-8-10-19(11-9-18)22(29)25-12-14-27-23(30)20(32-24(27)31)15-17-5-2-1-3-6-17/h1-3,5-6,8-11,15H,4,7,12-14,16H2,(H,25,29)/b20-15+. The first-order chi connectivity index (χ1) is 15.5. The predicted molar refractivity (Wildman–Crippen MR) is 123 cm³/mol. The van der Waals surface area contributed by atoms with Gasteiger partial charge in [0.2, 0.25) is 5.91 Å². The summed E-state index contributed by atoms with van der Waals surface area (Å²) in [7, 11) is 0. The Bertz CT molecular complexity index is 1070. The van der Waals surface area contributed by atoms with E-state index in [0.29, 0.717) is 23.4 Å². The molecule has 0 saturated carbocycles. The minimum atomic E-state index is -0.348. The van der Waals surface area contributed by atoms with Crippen molar-refractivity contribution >= 4 is 40.8 Å². The number of benzene rings is 2. The van der Waals surface area contributed by atoms with Crippen molar-refractivity contribution in [2.45, 2.75) is 19.4 Å². The highest BCUT2D eigenvalue weighted by Gasteiger charge is 2.34. The molecule has 0 unspecified atom stereocenters. The second-order valence-electron chi connectivity index (χ2n) is 7.62. The summed E-state index contributed by atoms with van der Waals surface area (Å²) in [6.45, 7) is 1.60. The average molecular weight is 450 g/mol. The molecule has 4 amide bonds. The van der Waals surface area contributed by atoms with Crippen LogP contribution in [-0.2, 0) is 16.1 Å². The van der Waals surface area contributed by atoms with Crippen LogP contribution in [0.4, 0.5) is 4.79 Å². The van der Waals surface area contributed by atoms with Gasteiger partial charge in [0.1, 0.15) is 0 Å². The molecule has 2 aromatic rings. The van der Waals surface area contributed by atoms with Gasteiger partial charge in [0.25, 0.3) is 17.1 Å². The first-order valence-electron chi connectivity index (χ1n) is 10.5. The van der Waals surface area contributed by atoms with Gasteiger partial charge < -0.3 is 10.2 Å². The Hall–Kier alpha value is -3.39. The topological polar surface area (TPSA) is 86.8 Å². The van der Waals surface area contributed by atoms with Gasteiger partial charge in [-0.15, -0.1) is 0 Å². The number of hydrogen-bond acceptors (Lipinski definition) is 5. The monoisotopic (exact) mass is 449 g/mol. The molecule has 0 aliphatic carbocycles. The van der Waals surface area contributed by atoms with Gasteiger partial charge in [-0.3, -0.25) is 24.1 Å². The molecule has 2 aliphatic rings. The fraction of sp³-hybridized carbons (Fsp3) is 0.250. The molecule has 2 heterocycles. The minimum Gasteiger partial charge on any atom is -0.350 e. The third-order valence-electron chi connectivity index (χ3n) is 5.35. The van der Waals surface area contributed by atoms with Crippen LogP contribution in [0.5, 0.6) is 0 Å². The third kappa shape index (κ3) is 5.08. The van der Waals surface area contributed by atoms with E-state index in [1.54, 1.807) is 18.2 Å². The molecule has 0 spiro atoms. The minimum absolute atomic E-state index is 0.109. The van der Waals surface area contributed by atoms with Crippen LogP contribution in [0.15, 0.2) is 59.5 Å². The zero-order valence-electron chi connectivity index (χ0n) is 17.5. The highest BCUT2D eigenvalue weighted by Crippen LogP contribution is 2.31. The van der Waals surface area contributed by atoms with Crippen LogP contribution in [0.3, 0.4) is 0 Å². The number of imide groups is 1. The number of carbonyl (C=O) groups excluding carboxylic acids is 4. The number of thioether (sulfide) groups is 1. The molecule has 4 rings (SSSR count). The van der Waals surface area contributed by atoms with E-state index in [9.17, 15) is 19.2 Å². The van der Waals surface area contributed by atoms with Crippen LogP contribution >= 0.6 is 11.8 Å². The zero-order valence-corrected chi connectivity index (χ0v) is 18.3. The van der Waals surface area contributed by atoms with Crippen LogP contribution in [-0.4, -0.2) is 52.4 Å². The van der Waals surface area contributed by atoms with E-state index in [0.717, 1.165) is 40.8 Å². The maximum atomic E-state index is 12.5. The number of nitrogens with zero attached hydrogens (tertiary/aromatic N) is 2. The molecule has 164 valence electrons. The summed E-state index contributed by atoms with van der Waals surface area (Å²) in [5.41, 5.74) is 2.31. The van der Waals surface area contributed by atoms with Gasteiger partial charge in [0.05, 0.1) is 4.91 Å². The molecule has 32 heavy (non-hydrogen) atoms. The quantitative estimate of drug-likeness (QED) is 0.656. The Kier molecular flexibility index (Phi) is 6.70. The van der Waals surface area contributed by atoms with E-state index in [4.69, 9.17) is 0 Å². The van der Waals surface area contributed by atoms with Gasteiger partial charge in [-0.25, -0.2) is 0 Å². The molecular weight excluding hydrogens is 426 g/mol. The highest BCUT2D eigenvalue weighted by molar-refractivity contribution is 8.18. The SMILES string of the molecule is O=C(NCCN1C(=O)S/C(=C/c2ccccc2)C1=O)c1ccc(CN2CCCC2=O)cc1. The van der Waals surface area contributed by atoms with Gasteiger partial charge in [0.15, 0.2) is 0 Å². The fourth-order valence-electron chi connectivity index (χ4n) is 3.63. The lowest BCUT2D eigenvalue weighted by Crippen LogP contribution is -2.37. The summed E-state index contributed by atoms with van der Waals surface area (Å²) in [5, 5.41) is 2.41. The van der Waals surface area contributed by atoms with Crippen molar-refractivity contribution in [3.05, 3.63) is 76.2 Å². The van der Waals surface area contributed by atoms with Gasteiger partial charge in [-0.2, -0.15) is 0 Å². The van der Waals surface area contributed by atoms with Crippen LogP contribution in [0, 0.1) is 0 Å². The van der Waals surface area contributed by atoms with Crippen molar-refractivity contribution in [1.29, 1.82) is 0 Å². The molecule has 1 N–H and O–H groups in total. The largest absolute Gasteiger partial charge is 0.350 e. The molecule has 2 fully saturated rings. The predicted octanol–water partition coefficient (Wildman–Crippen LogP) is 3.28. The molecule has 0 radical (unpaired) electrons. The summed E-state index contributed by atoms with van der Waals surface area (Å²) in [5.74, 6) is -0.461. The Morgan fingerprint density at radius 3 is 2.47 bits per heavy atom. The van der Waals surface area contributed by atoms with E-state index in [2.05, 4.69) is 5.32 Å². The molecule has 8 heteroatoms. The second-order valence-corrected chi connectivity index (χ2v) is 8.61. The first kappa shape index (κ1) is 21.8. The van der Waals surface area contributed by atoms with Crippen molar-refractivity contribution in [2.75, 3.05) is 19.6 Å². The molecule has 0 bridgehead atoms. The van der Waals surface area contributed by atoms with Crippen molar-refractivity contribution in [3.8, 4) is 0 Å². The number of hydrogen-bond donors (Lipinski definition) is 1. The van der Waals surface area contributed by atoms with Crippen molar-refractivity contribution in [2.24, 2.45) is 0 Å². The Balaban J connectivity index is 1.28. The average Bonchev–Trinajstić information content (AvgIpc) is 3.32. The van der Waals surface area contributed by atoms with Crippen LogP contribution in [0.2, 0.25) is 0 Å². The Morgan fingerprint density at radius 1 is 1.03 bits per heavy atom. The molecule has 2 aromatic carbocycles. The van der Waals surface area contributed by atoms with Crippen LogP contribution < -0.4 is 5.32 Å². The van der Waals surface area contributed by atoms with Crippen molar-refractivity contribution in [3.63, 3.8) is 0 Å². The van der Waals surface area contributed by atoms with E-state index in [1.807, 2.05) is 47.4 Å². The number of amides is 4. The summed E-state index contributed by atoms with van der Waals surface area (Å²) in [4.78, 5) is 52.3. The number of likely N-dealkylation sites (tertiary alicyclic amines) is 1. The van der Waals surface area contributed by atoms with Crippen LogP contribution in [0.25, 0.3) is 6.08 Å². The summed E-state index contributed by atoms with van der Waals surface area (Å²) >= 11 is 0.904. The molecule has 2 aliphatic heterocycles. The first-order valence-corrected chi connectivity index (χ1v) is 11.3. The Labute approximate surface area is 190 Å². The van der Waals surface area contributed by atoms with E-state index < -0.39 is 0 Å². The molecule has 0 aromatic heterocycles. The number of carbonyl (C=O) groups is 4. The lowest BCUT2D eigenvalue weighted by Gasteiger charge is -2.16. The summed E-state index contributed by atoms with van der Waals surface area (Å²) in [6, 6.07) is 16.4. The van der Waals surface area contributed by atoms with Gasteiger partial charge in [0, 0.05) is 38.2 Å². The lowest BCUT2D eigenvalue weighted by atomic mass is 10.1. The zero-order chi connectivity index (χ0) is 22.5. The third-order valence-corrected chi connectivity index (χ3v) is 6.26. The van der Waals surface area contributed by atoms with Gasteiger partial charge in [-0.05, 0) is 47.5 Å². The van der Waals surface area contributed by atoms with Crippen molar-refractivity contribution < 1.29 is 19.2 Å². The molecule has 2 saturated heterocycles. The Morgan fingerprint density at radius 2 is 1.78 bits per heavy atom. The molecule has 7 nitrogen and oxygen atoms in total. The second kappa shape index (κ2) is 9.82. The lowest BCUT2D eigenvalue weighted by molar-refractivity contribution is -0.128. The molecular formula is C24H23N3O4S. The maximum Gasteiger partial charge on any atom is 0.293 e. The smallest absolute Gasteiger partial charge is 0.293 e. The summed E-state index contributed by atoms with van der Waals surface area (Å²) in [6.07, 6.45) is 3.19.